The number of carbonyl (C=O) groups is 1. The zero-order chi connectivity index (χ0) is 17.3. The molecule has 7 nitrogen and oxygen atoms in total. The molecule has 3 rings (SSSR count). The molecule has 1 N–H and O–H groups in total. The first-order chi connectivity index (χ1) is 11.4. The maximum absolute atomic E-state index is 12.8. The molecule has 1 atom stereocenters. The maximum atomic E-state index is 12.8. The number of anilines is 1. The fourth-order valence-electron chi connectivity index (χ4n) is 2.51. The van der Waals surface area contributed by atoms with Gasteiger partial charge in [0.15, 0.2) is 5.03 Å². The Morgan fingerprint density at radius 1 is 1.29 bits per heavy atom. The number of carbonyl (C=O) groups excluding carboxylic acids is 1. The molecule has 24 heavy (non-hydrogen) atoms. The molecular weight excluding hydrogens is 330 g/mol. The molecule has 0 radical (unpaired) electrons. The molecule has 0 bridgehead atoms. The van der Waals surface area contributed by atoms with E-state index in [0.717, 1.165) is 0 Å². The minimum absolute atomic E-state index is 0.128. The van der Waals surface area contributed by atoms with Crippen LogP contribution in [0.25, 0.3) is 0 Å². The third-order valence-corrected chi connectivity index (χ3v) is 5.03. The van der Waals surface area contributed by atoms with Crippen molar-refractivity contribution < 1.29 is 17.9 Å². The molecule has 0 aliphatic carbocycles. The lowest BCUT2D eigenvalue weighted by Crippen LogP contribution is -2.42. The first-order valence-corrected chi connectivity index (χ1v) is 8.88. The van der Waals surface area contributed by atoms with Gasteiger partial charge in [-0.15, -0.1) is 0 Å². The molecule has 2 aromatic rings. The molecular formula is C16H17N3O4S. The number of rotatable bonds is 3. The average molecular weight is 347 g/mol. The molecule has 0 spiro atoms. The number of para-hydroxylation sites is 2. The highest BCUT2D eigenvalue weighted by atomic mass is 32.2. The minimum Gasteiger partial charge on any atom is -0.487 e. The largest absolute Gasteiger partial charge is 0.487 e. The Hall–Kier alpha value is -2.45. The van der Waals surface area contributed by atoms with Crippen LogP contribution in [0.4, 0.5) is 5.69 Å². The van der Waals surface area contributed by atoms with E-state index in [1.807, 2.05) is 31.2 Å². The van der Waals surface area contributed by atoms with Crippen molar-refractivity contribution >= 4 is 21.6 Å². The minimum atomic E-state index is -3.63. The Morgan fingerprint density at radius 3 is 2.71 bits per heavy atom. The monoisotopic (exact) mass is 347 g/mol. The van der Waals surface area contributed by atoms with Gasteiger partial charge in [0.1, 0.15) is 11.9 Å². The van der Waals surface area contributed by atoms with Crippen LogP contribution in [-0.2, 0) is 10.0 Å². The summed E-state index contributed by atoms with van der Waals surface area (Å²) < 4.78 is 31.3. The molecule has 8 heteroatoms. The predicted molar refractivity (Wildman–Crippen MR) is 88.7 cm³/mol. The zero-order valence-electron chi connectivity index (χ0n) is 13.3. The number of nitrogens with one attached hydrogen (secondary N) is 1. The fourth-order valence-corrected chi connectivity index (χ4v) is 3.16. The number of amides is 1. The Bertz CT molecular complexity index is 865. The molecule has 1 aromatic carbocycles. The van der Waals surface area contributed by atoms with Crippen molar-refractivity contribution in [2.24, 2.45) is 0 Å². The van der Waals surface area contributed by atoms with Gasteiger partial charge in [0.2, 0.25) is 0 Å². The quantitative estimate of drug-likeness (QED) is 0.907. The number of fused-ring (bicyclic) bond motifs is 1. The van der Waals surface area contributed by atoms with Crippen LogP contribution in [0.2, 0.25) is 0 Å². The van der Waals surface area contributed by atoms with E-state index in [-0.39, 0.29) is 17.0 Å². The Morgan fingerprint density at radius 2 is 2.04 bits per heavy atom. The molecule has 0 saturated carbocycles. The number of aromatic nitrogens is 1. The van der Waals surface area contributed by atoms with Crippen molar-refractivity contribution in [3.63, 3.8) is 0 Å². The van der Waals surface area contributed by atoms with Gasteiger partial charge in [-0.2, -0.15) is 0 Å². The molecule has 1 aliphatic heterocycles. The number of hydrogen-bond donors (Lipinski definition) is 1. The van der Waals surface area contributed by atoms with Crippen molar-refractivity contribution in [2.75, 3.05) is 18.5 Å². The second-order valence-corrected chi connectivity index (χ2v) is 7.24. The Balaban J connectivity index is 1.93. The Kier molecular flexibility index (Phi) is 4.25. The smallest absolute Gasteiger partial charge is 0.260 e. The summed E-state index contributed by atoms with van der Waals surface area (Å²) in [5, 5.41) is -0.128. The van der Waals surface area contributed by atoms with Crippen molar-refractivity contribution in [3.05, 3.63) is 48.2 Å². The lowest BCUT2D eigenvalue weighted by atomic mass is 10.1. The highest BCUT2D eigenvalue weighted by Gasteiger charge is 2.28. The van der Waals surface area contributed by atoms with Gasteiger partial charge >= 0.3 is 0 Å². The summed E-state index contributed by atoms with van der Waals surface area (Å²) in [6, 6.07) is 10.1. The molecule has 2 heterocycles. The zero-order valence-corrected chi connectivity index (χ0v) is 14.1. The lowest BCUT2D eigenvalue weighted by Gasteiger charge is -2.33. The van der Waals surface area contributed by atoms with Crippen molar-refractivity contribution in [1.82, 2.24) is 9.71 Å². The van der Waals surface area contributed by atoms with Gasteiger partial charge in [0, 0.05) is 6.20 Å². The second-order valence-electron chi connectivity index (χ2n) is 5.40. The van der Waals surface area contributed by atoms with Crippen molar-refractivity contribution in [1.29, 1.82) is 0 Å². The van der Waals surface area contributed by atoms with Gasteiger partial charge in [-0.1, -0.05) is 12.1 Å². The third kappa shape index (κ3) is 2.98. The summed E-state index contributed by atoms with van der Waals surface area (Å²) in [6.07, 6.45) is 1.13. The number of benzene rings is 1. The van der Waals surface area contributed by atoms with Gasteiger partial charge < -0.3 is 9.64 Å². The summed E-state index contributed by atoms with van der Waals surface area (Å²) in [5.41, 5.74) is 1.00. The third-order valence-electron chi connectivity index (χ3n) is 3.70. The summed E-state index contributed by atoms with van der Waals surface area (Å²) >= 11 is 0. The molecule has 0 saturated heterocycles. The number of ether oxygens (including phenoxy) is 1. The van der Waals surface area contributed by atoms with E-state index in [0.29, 0.717) is 23.5 Å². The van der Waals surface area contributed by atoms with Crippen molar-refractivity contribution in [3.8, 4) is 5.75 Å². The van der Waals surface area contributed by atoms with Crippen LogP contribution in [0.5, 0.6) is 5.75 Å². The molecule has 1 aliphatic rings. The summed E-state index contributed by atoms with van der Waals surface area (Å²) in [7, 11) is -2.32. The highest BCUT2D eigenvalue weighted by molar-refractivity contribution is 7.89. The number of nitrogens with zero attached hydrogens (tertiary/aromatic N) is 2. The molecule has 1 aromatic heterocycles. The van der Waals surface area contributed by atoms with Gasteiger partial charge in [-0.25, -0.2) is 18.1 Å². The fraction of sp³-hybridized carbons (Fsp3) is 0.250. The van der Waals surface area contributed by atoms with E-state index in [9.17, 15) is 13.2 Å². The van der Waals surface area contributed by atoms with E-state index >= 15 is 0 Å². The Labute approximate surface area is 140 Å². The van der Waals surface area contributed by atoms with E-state index < -0.39 is 10.0 Å². The van der Waals surface area contributed by atoms with Gasteiger partial charge in [0.05, 0.1) is 17.8 Å². The summed E-state index contributed by atoms with van der Waals surface area (Å²) in [4.78, 5) is 18.3. The van der Waals surface area contributed by atoms with Crippen LogP contribution in [0.15, 0.2) is 47.6 Å². The highest BCUT2D eigenvalue weighted by Crippen LogP contribution is 2.33. The predicted octanol–water partition coefficient (Wildman–Crippen LogP) is 1.42. The van der Waals surface area contributed by atoms with Crippen LogP contribution >= 0.6 is 0 Å². The average Bonchev–Trinajstić information content (AvgIpc) is 2.60. The van der Waals surface area contributed by atoms with Gasteiger partial charge in [-0.05, 0) is 38.2 Å². The number of pyridine rings is 1. The van der Waals surface area contributed by atoms with Crippen LogP contribution in [0, 0.1) is 0 Å². The van der Waals surface area contributed by atoms with E-state index in [2.05, 4.69) is 9.71 Å². The standard InChI is InChI=1S/C16H17N3O4S/c1-11-10-19(13-5-3-4-6-14(13)23-11)16(20)12-7-8-15(18-9-12)24(21,22)17-2/h3-9,11,17H,10H2,1-2H3/t11-/m0/s1. The first-order valence-electron chi connectivity index (χ1n) is 7.39. The summed E-state index contributed by atoms with van der Waals surface area (Å²) in [6.45, 7) is 2.30. The second kappa shape index (κ2) is 6.21. The lowest BCUT2D eigenvalue weighted by molar-refractivity contribution is 0.0960. The SMILES string of the molecule is CNS(=O)(=O)c1ccc(C(=O)N2C[C@H](C)Oc3ccccc32)cn1. The molecule has 0 fully saturated rings. The molecule has 126 valence electrons. The first kappa shape index (κ1) is 16.4. The number of hydrogen-bond acceptors (Lipinski definition) is 5. The van der Waals surface area contributed by atoms with E-state index in [4.69, 9.17) is 4.74 Å². The van der Waals surface area contributed by atoms with Crippen LogP contribution in [0.1, 0.15) is 17.3 Å². The maximum Gasteiger partial charge on any atom is 0.260 e. The molecule has 1 amide bonds. The van der Waals surface area contributed by atoms with E-state index in [1.165, 1.54) is 25.4 Å². The number of sulfonamides is 1. The van der Waals surface area contributed by atoms with Crippen LogP contribution in [0.3, 0.4) is 0 Å². The van der Waals surface area contributed by atoms with E-state index in [1.54, 1.807) is 4.90 Å². The summed E-state index contributed by atoms with van der Waals surface area (Å²) in [5.74, 6) is 0.394. The molecule has 0 unspecified atom stereocenters. The van der Waals surface area contributed by atoms with Crippen molar-refractivity contribution in [2.45, 2.75) is 18.1 Å². The van der Waals surface area contributed by atoms with Crippen LogP contribution in [-0.4, -0.2) is 39.0 Å². The van der Waals surface area contributed by atoms with Gasteiger partial charge in [-0.3, -0.25) is 4.79 Å². The van der Waals surface area contributed by atoms with Crippen LogP contribution < -0.4 is 14.4 Å². The normalized spacial score (nSPS) is 17.1. The topological polar surface area (TPSA) is 88.6 Å². The van der Waals surface area contributed by atoms with Gasteiger partial charge in [0.25, 0.3) is 15.9 Å².